The fourth-order valence-corrected chi connectivity index (χ4v) is 4.11. The van der Waals surface area contributed by atoms with Crippen molar-refractivity contribution in [1.82, 2.24) is 5.16 Å². The Labute approximate surface area is 156 Å². The number of nitrogens with zero attached hydrogens (tertiary/aromatic N) is 2. The number of aromatic carboxylic acids is 1. The van der Waals surface area contributed by atoms with Gasteiger partial charge in [0, 0.05) is 36.9 Å². The number of carboxylic acid groups (broad SMARTS) is 1. The zero-order valence-electron chi connectivity index (χ0n) is 14.4. The van der Waals surface area contributed by atoms with Crippen molar-refractivity contribution < 1.29 is 19.2 Å². The molecule has 0 radical (unpaired) electrons. The highest BCUT2D eigenvalue weighted by Crippen LogP contribution is 2.42. The van der Waals surface area contributed by atoms with E-state index in [1.54, 1.807) is 24.3 Å². The molecular weight excluding hydrogens is 356 g/mol. The molecule has 0 unspecified atom stereocenters. The van der Waals surface area contributed by atoms with Gasteiger partial charge in [-0.2, -0.15) is 0 Å². The van der Waals surface area contributed by atoms with E-state index >= 15 is 0 Å². The molecule has 7 heteroatoms. The Morgan fingerprint density at radius 2 is 1.77 bits per heavy atom. The quantitative estimate of drug-likeness (QED) is 0.869. The lowest BCUT2D eigenvalue weighted by Gasteiger charge is -2.44. The third kappa shape index (κ3) is 3.19. The number of hydrogen-bond donors (Lipinski definition) is 1. The molecular formula is C19H21ClN2O4. The molecule has 2 saturated heterocycles. The van der Waals surface area contributed by atoms with E-state index in [2.05, 4.69) is 5.16 Å². The van der Waals surface area contributed by atoms with Gasteiger partial charge in [0.05, 0.1) is 0 Å². The average Bonchev–Trinajstić information content (AvgIpc) is 3.09. The smallest absolute Gasteiger partial charge is 0.343 e. The Morgan fingerprint density at radius 3 is 2.38 bits per heavy atom. The Balaban J connectivity index is 1.59. The molecule has 3 heterocycles. The van der Waals surface area contributed by atoms with Gasteiger partial charge in [-0.3, -0.25) is 0 Å². The molecule has 6 nitrogen and oxygen atoms in total. The van der Waals surface area contributed by atoms with Crippen LogP contribution in [-0.4, -0.2) is 42.5 Å². The lowest BCUT2D eigenvalue weighted by atomic mass is 9.72. The largest absolute Gasteiger partial charge is 0.477 e. The van der Waals surface area contributed by atoms with Crippen molar-refractivity contribution in [3.63, 3.8) is 0 Å². The van der Waals surface area contributed by atoms with Crippen LogP contribution in [0.4, 0.5) is 5.82 Å². The summed E-state index contributed by atoms with van der Waals surface area (Å²) in [5, 5.41) is 14.4. The number of carboxylic acids is 1. The Bertz CT molecular complexity index is 786. The summed E-state index contributed by atoms with van der Waals surface area (Å²) in [5.74, 6) is -0.336. The van der Waals surface area contributed by atoms with Crippen LogP contribution in [0.5, 0.6) is 0 Å². The molecule has 1 spiro atoms. The van der Waals surface area contributed by atoms with Crippen molar-refractivity contribution in [2.24, 2.45) is 5.41 Å². The first-order chi connectivity index (χ1) is 12.6. The fraction of sp³-hybridized carbons (Fsp3) is 0.474. The van der Waals surface area contributed by atoms with Gasteiger partial charge in [-0.25, -0.2) is 4.79 Å². The van der Waals surface area contributed by atoms with Crippen LogP contribution in [0.15, 0.2) is 28.8 Å². The molecule has 0 atom stereocenters. The summed E-state index contributed by atoms with van der Waals surface area (Å²) in [5.41, 5.74) is 1.11. The maximum absolute atomic E-state index is 11.9. The Morgan fingerprint density at radius 1 is 1.12 bits per heavy atom. The number of halogens is 1. The number of aromatic nitrogens is 1. The first-order valence-electron chi connectivity index (χ1n) is 8.90. The number of piperidine rings is 1. The summed E-state index contributed by atoms with van der Waals surface area (Å²) >= 11 is 5.92. The van der Waals surface area contributed by atoms with Crippen LogP contribution in [0.2, 0.25) is 5.02 Å². The second-order valence-corrected chi connectivity index (χ2v) is 7.56. The third-order valence-electron chi connectivity index (χ3n) is 5.67. The number of anilines is 1. The van der Waals surface area contributed by atoms with Gasteiger partial charge in [0.15, 0.2) is 17.1 Å². The molecule has 138 valence electrons. The summed E-state index contributed by atoms with van der Waals surface area (Å²) in [7, 11) is 0. The van der Waals surface area contributed by atoms with E-state index in [9.17, 15) is 9.90 Å². The van der Waals surface area contributed by atoms with E-state index in [0.29, 0.717) is 21.8 Å². The van der Waals surface area contributed by atoms with E-state index in [-0.39, 0.29) is 11.3 Å². The van der Waals surface area contributed by atoms with Gasteiger partial charge in [-0.15, -0.1) is 0 Å². The van der Waals surface area contributed by atoms with Gasteiger partial charge < -0.3 is 19.3 Å². The van der Waals surface area contributed by atoms with Crippen molar-refractivity contribution in [3.8, 4) is 11.3 Å². The number of benzene rings is 1. The first-order valence-corrected chi connectivity index (χ1v) is 9.27. The van der Waals surface area contributed by atoms with E-state index in [1.165, 1.54) is 0 Å². The second kappa shape index (κ2) is 6.93. The van der Waals surface area contributed by atoms with Crippen molar-refractivity contribution >= 4 is 23.4 Å². The molecule has 4 rings (SSSR count). The van der Waals surface area contributed by atoms with Gasteiger partial charge in [-0.05, 0) is 55.4 Å². The Kier molecular flexibility index (Phi) is 4.63. The second-order valence-electron chi connectivity index (χ2n) is 7.12. The van der Waals surface area contributed by atoms with Crippen LogP contribution in [-0.2, 0) is 4.74 Å². The van der Waals surface area contributed by atoms with E-state index in [1.807, 2.05) is 4.90 Å². The first kappa shape index (κ1) is 17.4. The molecule has 2 aliphatic heterocycles. The monoisotopic (exact) mass is 376 g/mol. The molecule has 0 saturated carbocycles. The maximum atomic E-state index is 11.9. The van der Waals surface area contributed by atoms with Crippen LogP contribution < -0.4 is 4.90 Å². The van der Waals surface area contributed by atoms with Gasteiger partial charge in [0.1, 0.15) is 0 Å². The molecule has 1 aromatic heterocycles. The standard InChI is InChI=1S/C19H21ClN2O4/c20-14-3-1-13(2-4-14)16-15(18(23)24)17(21-26-16)22-9-5-19(6-10-22)7-11-25-12-8-19/h1-4H,5-12H2,(H,23,24). The molecule has 0 bridgehead atoms. The van der Waals surface area contributed by atoms with Crippen molar-refractivity contribution in [3.05, 3.63) is 34.9 Å². The Hall–Kier alpha value is -2.05. The average molecular weight is 377 g/mol. The topological polar surface area (TPSA) is 75.8 Å². The highest BCUT2D eigenvalue weighted by molar-refractivity contribution is 6.30. The van der Waals surface area contributed by atoms with Crippen LogP contribution >= 0.6 is 11.6 Å². The van der Waals surface area contributed by atoms with Gasteiger partial charge in [0.2, 0.25) is 0 Å². The predicted molar refractivity (Wildman–Crippen MR) is 97.8 cm³/mol. The highest BCUT2D eigenvalue weighted by atomic mass is 35.5. The lowest BCUT2D eigenvalue weighted by molar-refractivity contribution is 0.00201. The highest BCUT2D eigenvalue weighted by Gasteiger charge is 2.38. The zero-order valence-corrected chi connectivity index (χ0v) is 15.2. The molecule has 2 fully saturated rings. The van der Waals surface area contributed by atoms with Crippen molar-refractivity contribution in [1.29, 1.82) is 0 Å². The summed E-state index contributed by atoms with van der Waals surface area (Å²) < 4.78 is 10.9. The van der Waals surface area contributed by atoms with E-state index < -0.39 is 5.97 Å². The minimum absolute atomic E-state index is 0.121. The number of carbonyl (C=O) groups is 1. The molecule has 0 amide bonds. The number of rotatable bonds is 3. The summed E-state index contributed by atoms with van der Waals surface area (Å²) in [6.07, 6.45) is 4.22. The zero-order chi connectivity index (χ0) is 18.1. The number of hydrogen-bond acceptors (Lipinski definition) is 5. The minimum atomic E-state index is -1.03. The molecule has 1 aromatic carbocycles. The third-order valence-corrected chi connectivity index (χ3v) is 5.92. The maximum Gasteiger partial charge on any atom is 0.343 e. The fourth-order valence-electron chi connectivity index (χ4n) is 3.99. The molecule has 1 N–H and O–H groups in total. The normalized spacial score (nSPS) is 19.7. The molecule has 2 aromatic rings. The van der Waals surface area contributed by atoms with E-state index in [0.717, 1.165) is 52.0 Å². The summed E-state index contributed by atoms with van der Waals surface area (Å²) in [6, 6.07) is 6.90. The summed E-state index contributed by atoms with van der Waals surface area (Å²) in [6.45, 7) is 3.22. The van der Waals surface area contributed by atoms with Crippen LogP contribution in [0.25, 0.3) is 11.3 Å². The van der Waals surface area contributed by atoms with Gasteiger partial charge in [-0.1, -0.05) is 16.8 Å². The van der Waals surface area contributed by atoms with Crippen LogP contribution in [0, 0.1) is 5.41 Å². The summed E-state index contributed by atoms with van der Waals surface area (Å²) in [4.78, 5) is 13.9. The van der Waals surface area contributed by atoms with Crippen molar-refractivity contribution in [2.45, 2.75) is 25.7 Å². The SMILES string of the molecule is O=C(O)c1c(N2CCC3(CCOCC3)CC2)noc1-c1ccc(Cl)cc1. The van der Waals surface area contributed by atoms with Crippen molar-refractivity contribution in [2.75, 3.05) is 31.2 Å². The van der Waals surface area contributed by atoms with Crippen LogP contribution in [0.3, 0.4) is 0 Å². The molecule has 0 aliphatic carbocycles. The van der Waals surface area contributed by atoms with Crippen LogP contribution in [0.1, 0.15) is 36.0 Å². The lowest BCUT2D eigenvalue weighted by Crippen LogP contribution is -2.43. The molecule has 2 aliphatic rings. The van der Waals surface area contributed by atoms with Gasteiger partial charge >= 0.3 is 5.97 Å². The van der Waals surface area contributed by atoms with Gasteiger partial charge in [0.25, 0.3) is 0 Å². The van der Waals surface area contributed by atoms with E-state index in [4.69, 9.17) is 20.9 Å². The number of ether oxygens (including phenoxy) is 1. The minimum Gasteiger partial charge on any atom is -0.477 e. The predicted octanol–water partition coefficient (Wildman–Crippen LogP) is 4.09. The molecule has 26 heavy (non-hydrogen) atoms.